The number of amides is 1. The van der Waals surface area contributed by atoms with Crippen LogP contribution in [0.1, 0.15) is 30.1 Å². The summed E-state index contributed by atoms with van der Waals surface area (Å²) in [6, 6.07) is 4.36. The zero-order chi connectivity index (χ0) is 13.8. The van der Waals surface area contributed by atoms with Crippen LogP contribution in [0.5, 0.6) is 0 Å². The average molecular weight is 285 g/mol. The fourth-order valence-electron chi connectivity index (χ4n) is 2.39. The molecule has 1 aromatic carbocycles. The third-order valence-corrected chi connectivity index (χ3v) is 3.66. The van der Waals surface area contributed by atoms with Crippen LogP contribution in [0.4, 0.5) is 4.39 Å². The van der Waals surface area contributed by atoms with Crippen LogP contribution in [0.2, 0.25) is 5.02 Å². The molecule has 0 aliphatic carbocycles. The van der Waals surface area contributed by atoms with Crippen molar-refractivity contribution in [3.8, 4) is 0 Å². The smallest absolute Gasteiger partial charge is 0.254 e. The van der Waals surface area contributed by atoms with Gasteiger partial charge in [0.1, 0.15) is 5.82 Å². The fourth-order valence-corrected chi connectivity index (χ4v) is 2.57. The summed E-state index contributed by atoms with van der Waals surface area (Å²) < 4.78 is 13.1. The summed E-state index contributed by atoms with van der Waals surface area (Å²) in [6.07, 6.45) is 1.86. The standard InChI is InChI=1S/C14H18ClFN2O/c1-2-7-18(11-5-6-17-9-11)14(19)10-3-4-13(16)12(15)8-10/h3-4,8,11,17H,2,5-7,9H2,1H3. The van der Waals surface area contributed by atoms with Crippen molar-refractivity contribution in [3.05, 3.63) is 34.6 Å². The zero-order valence-electron chi connectivity index (χ0n) is 11.0. The van der Waals surface area contributed by atoms with Gasteiger partial charge in [0.15, 0.2) is 0 Å². The molecule has 1 aromatic rings. The number of hydrogen-bond acceptors (Lipinski definition) is 2. The third kappa shape index (κ3) is 3.25. The van der Waals surface area contributed by atoms with E-state index >= 15 is 0 Å². The van der Waals surface area contributed by atoms with E-state index in [2.05, 4.69) is 5.32 Å². The first-order valence-electron chi connectivity index (χ1n) is 6.60. The number of carbonyl (C=O) groups is 1. The Kier molecular flexibility index (Phi) is 4.77. The molecular formula is C14H18ClFN2O. The van der Waals surface area contributed by atoms with E-state index in [1.54, 1.807) is 0 Å². The second-order valence-corrected chi connectivity index (χ2v) is 5.18. The minimum Gasteiger partial charge on any atom is -0.334 e. The first-order chi connectivity index (χ1) is 9.13. The predicted molar refractivity (Wildman–Crippen MR) is 74.0 cm³/mol. The van der Waals surface area contributed by atoms with Gasteiger partial charge in [-0.05, 0) is 37.6 Å². The molecular weight excluding hydrogens is 267 g/mol. The Bertz CT molecular complexity index is 461. The van der Waals surface area contributed by atoms with Gasteiger partial charge in [-0.3, -0.25) is 4.79 Å². The predicted octanol–water partition coefficient (Wildman–Crippen LogP) is 2.69. The number of halogens is 2. The fraction of sp³-hybridized carbons (Fsp3) is 0.500. The van der Waals surface area contributed by atoms with Gasteiger partial charge in [-0.2, -0.15) is 0 Å². The summed E-state index contributed by atoms with van der Waals surface area (Å²) in [5, 5.41) is 3.25. The minimum atomic E-state index is -0.497. The van der Waals surface area contributed by atoms with Crippen LogP contribution in [0.25, 0.3) is 0 Å². The van der Waals surface area contributed by atoms with E-state index in [1.165, 1.54) is 18.2 Å². The molecule has 2 rings (SSSR count). The maximum Gasteiger partial charge on any atom is 0.254 e. The van der Waals surface area contributed by atoms with Crippen molar-refractivity contribution in [1.29, 1.82) is 0 Å². The van der Waals surface area contributed by atoms with Gasteiger partial charge in [-0.1, -0.05) is 18.5 Å². The van der Waals surface area contributed by atoms with Crippen molar-refractivity contribution >= 4 is 17.5 Å². The molecule has 0 radical (unpaired) electrons. The number of nitrogens with one attached hydrogen (secondary N) is 1. The number of nitrogens with zero attached hydrogens (tertiary/aromatic N) is 1. The number of hydrogen-bond donors (Lipinski definition) is 1. The van der Waals surface area contributed by atoms with Gasteiger partial charge in [-0.25, -0.2) is 4.39 Å². The summed E-state index contributed by atoms with van der Waals surface area (Å²) in [5.41, 5.74) is 0.451. The molecule has 5 heteroatoms. The van der Waals surface area contributed by atoms with Gasteiger partial charge in [0.05, 0.1) is 5.02 Å². The Balaban J connectivity index is 2.20. The largest absolute Gasteiger partial charge is 0.334 e. The van der Waals surface area contributed by atoms with Gasteiger partial charge >= 0.3 is 0 Å². The molecule has 19 heavy (non-hydrogen) atoms. The Morgan fingerprint density at radius 3 is 2.95 bits per heavy atom. The highest BCUT2D eigenvalue weighted by molar-refractivity contribution is 6.31. The maximum absolute atomic E-state index is 13.1. The molecule has 1 aliphatic heterocycles. The van der Waals surface area contributed by atoms with Crippen LogP contribution < -0.4 is 5.32 Å². The highest BCUT2D eigenvalue weighted by Crippen LogP contribution is 2.19. The van der Waals surface area contributed by atoms with Gasteiger partial charge in [0.2, 0.25) is 0 Å². The molecule has 1 aliphatic rings. The summed E-state index contributed by atoms with van der Waals surface area (Å²) in [7, 11) is 0. The highest BCUT2D eigenvalue weighted by Gasteiger charge is 2.26. The molecule has 0 spiro atoms. The van der Waals surface area contributed by atoms with Crippen LogP contribution in [0.15, 0.2) is 18.2 Å². The molecule has 3 nitrogen and oxygen atoms in total. The van der Waals surface area contributed by atoms with E-state index in [9.17, 15) is 9.18 Å². The summed E-state index contributed by atoms with van der Waals surface area (Å²) in [4.78, 5) is 14.4. The second-order valence-electron chi connectivity index (χ2n) is 4.77. The van der Waals surface area contributed by atoms with Crippen molar-refractivity contribution in [1.82, 2.24) is 10.2 Å². The minimum absolute atomic E-state index is 0.00755. The second kappa shape index (κ2) is 6.35. The molecule has 1 N–H and O–H groups in total. The topological polar surface area (TPSA) is 32.3 Å². The Hall–Kier alpha value is -1.13. The molecule has 1 atom stereocenters. The van der Waals surface area contributed by atoms with E-state index in [0.29, 0.717) is 12.1 Å². The highest BCUT2D eigenvalue weighted by atomic mass is 35.5. The monoisotopic (exact) mass is 284 g/mol. The van der Waals surface area contributed by atoms with Crippen LogP contribution in [0.3, 0.4) is 0 Å². The average Bonchev–Trinajstić information content (AvgIpc) is 2.92. The lowest BCUT2D eigenvalue weighted by Gasteiger charge is -2.28. The molecule has 1 fully saturated rings. The number of benzene rings is 1. The zero-order valence-corrected chi connectivity index (χ0v) is 11.7. The summed E-state index contributed by atoms with van der Waals surface area (Å²) in [5.74, 6) is -0.569. The molecule has 104 valence electrons. The van der Waals surface area contributed by atoms with Crippen molar-refractivity contribution in [2.24, 2.45) is 0 Å². The van der Waals surface area contributed by atoms with Gasteiger partial charge in [0, 0.05) is 24.7 Å². The van der Waals surface area contributed by atoms with E-state index in [0.717, 1.165) is 25.9 Å². The molecule has 1 heterocycles. The third-order valence-electron chi connectivity index (χ3n) is 3.37. The molecule has 0 saturated carbocycles. The van der Waals surface area contributed by atoms with Crippen molar-refractivity contribution in [3.63, 3.8) is 0 Å². The molecule has 0 aromatic heterocycles. The van der Waals surface area contributed by atoms with Crippen molar-refractivity contribution < 1.29 is 9.18 Å². The molecule has 1 amide bonds. The van der Waals surface area contributed by atoms with Crippen LogP contribution in [-0.2, 0) is 0 Å². The number of rotatable bonds is 4. The molecule has 1 unspecified atom stereocenters. The summed E-state index contributed by atoms with van der Waals surface area (Å²) >= 11 is 5.74. The van der Waals surface area contributed by atoms with E-state index in [1.807, 2.05) is 11.8 Å². The van der Waals surface area contributed by atoms with Gasteiger partial charge in [-0.15, -0.1) is 0 Å². The Morgan fingerprint density at radius 2 is 2.37 bits per heavy atom. The van der Waals surface area contributed by atoms with Gasteiger partial charge in [0.25, 0.3) is 5.91 Å². The normalized spacial score (nSPS) is 18.6. The van der Waals surface area contributed by atoms with Crippen LogP contribution in [-0.4, -0.2) is 36.5 Å². The summed E-state index contributed by atoms with van der Waals surface area (Å²) in [6.45, 7) is 4.50. The van der Waals surface area contributed by atoms with E-state index in [4.69, 9.17) is 11.6 Å². The van der Waals surface area contributed by atoms with Crippen LogP contribution in [0, 0.1) is 5.82 Å². The van der Waals surface area contributed by atoms with Gasteiger partial charge < -0.3 is 10.2 Å². The molecule has 0 bridgehead atoms. The lowest BCUT2D eigenvalue weighted by atomic mass is 10.1. The lowest BCUT2D eigenvalue weighted by Crippen LogP contribution is -2.42. The van der Waals surface area contributed by atoms with E-state index < -0.39 is 5.82 Å². The van der Waals surface area contributed by atoms with E-state index in [-0.39, 0.29) is 17.0 Å². The Morgan fingerprint density at radius 1 is 1.58 bits per heavy atom. The number of carbonyl (C=O) groups excluding carboxylic acids is 1. The SMILES string of the molecule is CCCN(C(=O)c1ccc(F)c(Cl)c1)C1CCNC1. The lowest BCUT2D eigenvalue weighted by molar-refractivity contribution is 0.0692. The first-order valence-corrected chi connectivity index (χ1v) is 6.98. The first kappa shape index (κ1) is 14.3. The van der Waals surface area contributed by atoms with Crippen molar-refractivity contribution in [2.45, 2.75) is 25.8 Å². The van der Waals surface area contributed by atoms with Crippen molar-refractivity contribution in [2.75, 3.05) is 19.6 Å². The van der Waals surface area contributed by atoms with Crippen LogP contribution >= 0.6 is 11.6 Å². The quantitative estimate of drug-likeness (QED) is 0.922. The Labute approximate surface area is 117 Å². The maximum atomic E-state index is 13.1. The molecule has 1 saturated heterocycles.